The summed E-state index contributed by atoms with van der Waals surface area (Å²) in [7, 11) is -3.35. The molecule has 1 aromatic rings. The van der Waals surface area contributed by atoms with Gasteiger partial charge in [0.2, 0.25) is 0 Å². The Morgan fingerprint density at radius 2 is 2.07 bits per heavy atom. The maximum absolute atomic E-state index is 13.4. The van der Waals surface area contributed by atoms with Crippen molar-refractivity contribution >= 4 is 9.84 Å². The van der Waals surface area contributed by atoms with Crippen LogP contribution < -0.4 is 0 Å². The van der Waals surface area contributed by atoms with Crippen molar-refractivity contribution in [2.24, 2.45) is 0 Å². The van der Waals surface area contributed by atoms with E-state index < -0.39 is 15.7 Å². The zero-order valence-corrected chi connectivity index (χ0v) is 9.22. The van der Waals surface area contributed by atoms with Gasteiger partial charge in [-0.25, -0.2) is 12.8 Å². The summed E-state index contributed by atoms with van der Waals surface area (Å²) in [5.41, 5.74) is 0.427. The highest BCUT2D eigenvalue weighted by Crippen LogP contribution is 2.15. The molecule has 1 rings (SSSR count). The fourth-order valence-corrected chi connectivity index (χ4v) is 1.86. The van der Waals surface area contributed by atoms with Crippen LogP contribution in [0.25, 0.3) is 0 Å². The molecule has 0 radical (unpaired) electrons. The molecule has 1 N–H and O–H groups in total. The summed E-state index contributed by atoms with van der Waals surface area (Å²) in [5.74, 6) is -0.536. The highest BCUT2D eigenvalue weighted by Gasteiger charge is 2.10. The van der Waals surface area contributed by atoms with Crippen LogP contribution in [0.15, 0.2) is 23.1 Å². The van der Waals surface area contributed by atoms with Crippen molar-refractivity contribution in [3.05, 3.63) is 29.6 Å². The Hall–Kier alpha value is -0.940. The summed E-state index contributed by atoms with van der Waals surface area (Å²) < 4.78 is 35.6. The van der Waals surface area contributed by atoms with Gasteiger partial charge >= 0.3 is 0 Å². The second-order valence-electron chi connectivity index (χ2n) is 3.35. The van der Waals surface area contributed by atoms with E-state index >= 15 is 0 Å². The molecule has 0 aliphatic carbocycles. The Morgan fingerprint density at radius 1 is 1.40 bits per heavy atom. The van der Waals surface area contributed by atoms with Crippen LogP contribution in [0.2, 0.25) is 0 Å². The molecule has 0 fully saturated rings. The number of aliphatic hydroxyl groups excluding tert-OH is 1. The molecule has 0 aliphatic heterocycles. The Morgan fingerprint density at radius 3 is 2.53 bits per heavy atom. The third kappa shape index (κ3) is 3.28. The van der Waals surface area contributed by atoms with Gasteiger partial charge in [0.05, 0.1) is 4.90 Å². The number of aryl methyl sites for hydroxylation is 1. The molecular formula is C10H13FO3S. The normalized spacial score (nSPS) is 11.7. The number of hydrogen-bond donors (Lipinski definition) is 1. The van der Waals surface area contributed by atoms with Crippen LogP contribution in [0, 0.1) is 5.82 Å². The average molecular weight is 232 g/mol. The van der Waals surface area contributed by atoms with E-state index in [1.54, 1.807) is 0 Å². The minimum absolute atomic E-state index is 0.00668. The van der Waals surface area contributed by atoms with Gasteiger partial charge in [-0.3, -0.25) is 0 Å². The van der Waals surface area contributed by atoms with Crippen LogP contribution in [-0.4, -0.2) is 26.4 Å². The van der Waals surface area contributed by atoms with Crippen molar-refractivity contribution in [3.63, 3.8) is 0 Å². The number of benzene rings is 1. The zero-order chi connectivity index (χ0) is 11.5. The topological polar surface area (TPSA) is 54.4 Å². The number of aliphatic hydroxyl groups is 1. The number of hydrogen-bond acceptors (Lipinski definition) is 3. The van der Waals surface area contributed by atoms with E-state index in [4.69, 9.17) is 5.11 Å². The van der Waals surface area contributed by atoms with Crippen molar-refractivity contribution < 1.29 is 17.9 Å². The summed E-state index contributed by atoms with van der Waals surface area (Å²) in [6, 6.07) is 3.84. The first-order valence-electron chi connectivity index (χ1n) is 4.54. The van der Waals surface area contributed by atoms with Crippen LogP contribution in [-0.2, 0) is 16.3 Å². The monoisotopic (exact) mass is 232 g/mol. The Bertz CT molecular complexity index is 440. The average Bonchev–Trinajstić information content (AvgIpc) is 2.14. The molecule has 84 valence electrons. The SMILES string of the molecule is CS(=O)(=O)c1ccc(CCCO)c(F)c1. The van der Waals surface area contributed by atoms with E-state index in [1.807, 2.05) is 0 Å². The van der Waals surface area contributed by atoms with Crippen LogP contribution in [0.3, 0.4) is 0 Å². The van der Waals surface area contributed by atoms with E-state index in [9.17, 15) is 12.8 Å². The van der Waals surface area contributed by atoms with Gasteiger partial charge in [0.25, 0.3) is 0 Å². The van der Waals surface area contributed by atoms with Gasteiger partial charge in [-0.1, -0.05) is 6.07 Å². The highest BCUT2D eigenvalue weighted by atomic mass is 32.2. The summed E-state index contributed by atoms with van der Waals surface area (Å²) in [6.45, 7) is -0.00668. The van der Waals surface area contributed by atoms with Crippen molar-refractivity contribution in [3.8, 4) is 0 Å². The Balaban J connectivity index is 2.99. The van der Waals surface area contributed by atoms with Gasteiger partial charge < -0.3 is 5.11 Å². The Labute approximate surface area is 88.5 Å². The molecule has 0 spiro atoms. The van der Waals surface area contributed by atoms with E-state index in [-0.39, 0.29) is 11.5 Å². The predicted octanol–water partition coefficient (Wildman–Crippen LogP) is 1.15. The smallest absolute Gasteiger partial charge is 0.175 e. The van der Waals surface area contributed by atoms with Crippen LogP contribution in [0.5, 0.6) is 0 Å². The second kappa shape index (κ2) is 4.72. The second-order valence-corrected chi connectivity index (χ2v) is 5.37. The molecule has 0 atom stereocenters. The fourth-order valence-electron chi connectivity index (χ4n) is 1.23. The third-order valence-corrected chi connectivity index (χ3v) is 3.17. The van der Waals surface area contributed by atoms with Gasteiger partial charge in [-0.15, -0.1) is 0 Å². The van der Waals surface area contributed by atoms with Gasteiger partial charge in [0.1, 0.15) is 5.82 Å². The van der Waals surface area contributed by atoms with E-state index in [1.165, 1.54) is 12.1 Å². The molecule has 0 aromatic heterocycles. The first-order chi connectivity index (χ1) is 6.95. The lowest BCUT2D eigenvalue weighted by atomic mass is 10.1. The van der Waals surface area contributed by atoms with Crippen molar-refractivity contribution in [1.82, 2.24) is 0 Å². The largest absolute Gasteiger partial charge is 0.396 e. The minimum Gasteiger partial charge on any atom is -0.396 e. The molecule has 0 saturated heterocycles. The zero-order valence-electron chi connectivity index (χ0n) is 8.40. The van der Waals surface area contributed by atoms with E-state index in [0.717, 1.165) is 12.3 Å². The molecule has 0 amide bonds. The lowest BCUT2D eigenvalue weighted by Gasteiger charge is -2.04. The highest BCUT2D eigenvalue weighted by molar-refractivity contribution is 7.90. The first kappa shape index (κ1) is 12.1. The summed E-state index contributed by atoms with van der Waals surface area (Å²) in [6.07, 6.45) is 1.91. The van der Waals surface area contributed by atoms with Crippen molar-refractivity contribution in [2.75, 3.05) is 12.9 Å². The summed E-state index contributed by atoms with van der Waals surface area (Å²) in [4.78, 5) is -0.0206. The fraction of sp³-hybridized carbons (Fsp3) is 0.400. The molecule has 15 heavy (non-hydrogen) atoms. The molecular weight excluding hydrogens is 219 g/mol. The lowest BCUT2D eigenvalue weighted by molar-refractivity contribution is 0.288. The molecule has 0 bridgehead atoms. The summed E-state index contributed by atoms with van der Waals surface area (Å²) >= 11 is 0. The van der Waals surface area contributed by atoms with Gasteiger partial charge in [-0.05, 0) is 30.5 Å². The molecule has 0 heterocycles. The molecule has 5 heteroatoms. The number of sulfone groups is 1. The van der Waals surface area contributed by atoms with E-state index in [0.29, 0.717) is 18.4 Å². The van der Waals surface area contributed by atoms with Crippen LogP contribution >= 0.6 is 0 Å². The number of halogens is 1. The third-order valence-electron chi connectivity index (χ3n) is 2.06. The molecule has 1 aromatic carbocycles. The molecule has 0 saturated carbocycles. The Kier molecular flexibility index (Phi) is 3.82. The van der Waals surface area contributed by atoms with E-state index in [2.05, 4.69) is 0 Å². The number of rotatable bonds is 4. The van der Waals surface area contributed by atoms with Crippen molar-refractivity contribution in [2.45, 2.75) is 17.7 Å². The first-order valence-corrected chi connectivity index (χ1v) is 6.43. The lowest BCUT2D eigenvalue weighted by Crippen LogP contribution is -2.00. The maximum atomic E-state index is 13.4. The minimum atomic E-state index is -3.35. The molecule has 0 unspecified atom stereocenters. The summed E-state index contributed by atoms with van der Waals surface area (Å²) in [5, 5.41) is 8.58. The van der Waals surface area contributed by atoms with Crippen molar-refractivity contribution in [1.29, 1.82) is 0 Å². The van der Waals surface area contributed by atoms with Crippen LogP contribution in [0.1, 0.15) is 12.0 Å². The van der Waals surface area contributed by atoms with Crippen LogP contribution in [0.4, 0.5) is 4.39 Å². The van der Waals surface area contributed by atoms with Gasteiger partial charge in [0, 0.05) is 12.9 Å². The maximum Gasteiger partial charge on any atom is 0.175 e. The molecule has 3 nitrogen and oxygen atoms in total. The molecule has 0 aliphatic rings. The van der Waals surface area contributed by atoms with Gasteiger partial charge in [0.15, 0.2) is 9.84 Å². The van der Waals surface area contributed by atoms with Gasteiger partial charge in [-0.2, -0.15) is 0 Å². The standard InChI is InChI=1S/C10H13FO3S/c1-15(13,14)9-5-4-8(3-2-6-12)10(11)7-9/h4-5,7,12H,2-3,6H2,1H3. The quantitative estimate of drug-likeness (QED) is 0.847. The predicted molar refractivity (Wildman–Crippen MR) is 54.9 cm³/mol.